The minimum atomic E-state index is -0.540. The molecule has 1 fully saturated rings. The summed E-state index contributed by atoms with van der Waals surface area (Å²) in [5.74, 6) is -0.0932. The highest BCUT2D eigenvalue weighted by Crippen LogP contribution is 2.27. The van der Waals surface area contributed by atoms with Crippen LogP contribution in [0.3, 0.4) is 0 Å². The number of aromatic nitrogens is 5. The normalized spacial score (nSPS) is 13.9. The van der Waals surface area contributed by atoms with E-state index in [1.807, 2.05) is 49.9 Å². The molecule has 1 aliphatic rings. The third-order valence-corrected chi connectivity index (χ3v) is 6.52. The largest absolute Gasteiger partial charge is 0.444 e. The van der Waals surface area contributed by atoms with E-state index < -0.39 is 5.60 Å². The van der Waals surface area contributed by atoms with Crippen molar-refractivity contribution in [1.29, 1.82) is 0 Å². The van der Waals surface area contributed by atoms with E-state index >= 15 is 0 Å². The number of hydrogen-bond acceptors (Lipinski definition) is 9. The Morgan fingerprint density at radius 2 is 1.84 bits per heavy atom. The third-order valence-electron chi connectivity index (χ3n) is 5.84. The number of rotatable bonds is 5. The van der Waals surface area contributed by atoms with Crippen molar-refractivity contribution in [3.05, 3.63) is 65.6 Å². The number of ether oxygens (including phenoxy) is 1. The van der Waals surface area contributed by atoms with Gasteiger partial charge in [0.2, 0.25) is 0 Å². The Bertz CT molecular complexity index is 1420. The van der Waals surface area contributed by atoms with Gasteiger partial charge in [-0.3, -0.25) is 9.78 Å². The van der Waals surface area contributed by atoms with Gasteiger partial charge in [-0.05, 0) is 55.3 Å². The first-order chi connectivity index (χ1) is 18.3. The molecule has 4 aromatic rings. The Kier molecular flexibility index (Phi) is 7.05. The molecule has 1 saturated heterocycles. The fourth-order valence-electron chi connectivity index (χ4n) is 4.00. The second-order valence-corrected chi connectivity index (χ2v) is 10.5. The maximum Gasteiger partial charge on any atom is 0.410 e. The van der Waals surface area contributed by atoms with Crippen LogP contribution in [0.1, 0.15) is 31.3 Å². The topological polar surface area (TPSA) is 118 Å². The molecule has 0 aliphatic carbocycles. The quantitative estimate of drug-likeness (QED) is 0.408. The maximum absolute atomic E-state index is 13.2. The van der Waals surface area contributed by atoms with Gasteiger partial charge in [0.25, 0.3) is 11.9 Å². The van der Waals surface area contributed by atoms with Crippen molar-refractivity contribution in [1.82, 2.24) is 29.6 Å². The fraction of sp³-hybridized carbons (Fsp3) is 0.308. The van der Waals surface area contributed by atoms with Gasteiger partial charge >= 0.3 is 6.09 Å². The molecule has 38 heavy (non-hydrogen) atoms. The van der Waals surface area contributed by atoms with Crippen LogP contribution < -0.4 is 10.2 Å². The van der Waals surface area contributed by atoms with Gasteiger partial charge < -0.3 is 19.9 Å². The number of carbonyl (C=O) groups excluding carboxylic acids is 2. The number of piperazine rings is 1. The summed E-state index contributed by atoms with van der Waals surface area (Å²) in [4.78, 5) is 42.3. The average Bonchev–Trinajstić information content (AvgIpc) is 3.61. The predicted octanol–water partition coefficient (Wildman–Crippen LogP) is 4.10. The molecule has 0 radical (unpaired) electrons. The lowest BCUT2D eigenvalue weighted by molar-refractivity contribution is 0.0240. The molecular formula is C26H28N8O3S. The SMILES string of the molecule is CC(C)(C)OC(=O)N1CCN(c2ccncc2NC(=O)c2ccnc(-n3cc(-c4ccsc4)cn3)n2)CC1. The van der Waals surface area contributed by atoms with Crippen molar-refractivity contribution in [2.24, 2.45) is 0 Å². The number of hydrogen-bond donors (Lipinski definition) is 1. The van der Waals surface area contributed by atoms with Crippen LogP contribution >= 0.6 is 11.3 Å². The zero-order valence-corrected chi connectivity index (χ0v) is 22.2. The zero-order valence-electron chi connectivity index (χ0n) is 21.4. The molecule has 0 saturated carbocycles. The molecule has 0 spiro atoms. The monoisotopic (exact) mass is 532 g/mol. The highest BCUT2D eigenvalue weighted by Gasteiger charge is 2.27. The molecule has 4 aromatic heterocycles. The van der Waals surface area contributed by atoms with E-state index in [1.165, 1.54) is 6.20 Å². The summed E-state index contributed by atoms with van der Waals surface area (Å²) in [5, 5.41) is 11.3. The lowest BCUT2D eigenvalue weighted by atomic mass is 10.2. The predicted molar refractivity (Wildman–Crippen MR) is 145 cm³/mol. The smallest absolute Gasteiger partial charge is 0.410 e. The van der Waals surface area contributed by atoms with E-state index in [-0.39, 0.29) is 17.7 Å². The summed E-state index contributed by atoms with van der Waals surface area (Å²) >= 11 is 1.61. The number of anilines is 2. The van der Waals surface area contributed by atoms with Gasteiger partial charge in [0, 0.05) is 50.3 Å². The van der Waals surface area contributed by atoms with Crippen LogP contribution in [0.5, 0.6) is 0 Å². The first kappa shape index (κ1) is 25.3. The molecule has 0 unspecified atom stereocenters. The van der Waals surface area contributed by atoms with Gasteiger partial charge in [0.1, 0.15) is 11.3 Å². The number of pyridine rings is 1. The van der Waals surface area contributed by atoms with Crippen molar-refractivity contribution in [2.75, 3.05) is 36.4 Å². The van der Waals surface area contributed by atoms with Gasteiger partial charge in [0.15, 0.2) is 0 Å². The van der Waals surface area contributed by atoms with Gasteiger partial charge in [-0.2, -0.15) is 16.4 Å². The van der Waals surface area contributed by atoms with Crippen LogP contribution in [-0.4, -0.2) is 73.4 Å². The van der Waals surface area contributed by atoms with Crippen molar-refractivity contribution >= 4 is 34.7 Å². The van der Waals surface area contributed by atoms with E-state index in [0.717, 1.165) is 16.8 Å². The van der Waals surface area contributed by atoms with Crippen LogP contribution in [0.25, 0.3) is 17.1 Å². The lowest BCUT2D eigenvalue weighted by Crippen LogP contribution is -2.50. The standard InChI is InChI=1S/C26H28N8O3S/c1-26(2,3)37-25(36)33-11-9-32(10-12-33)22-5-7-27-15-21(22)30-23(35)20-4-8-28-24(31-20)34-16-19(14-29-34)18-6-13-38-17-18/h4-8,13-17H,9-12H2,1-3H3,(H,30,35). The van der Waals surface area contributed by atoms with Gasteiger partial charge in [-0.1, -0.05) is 0 Å². The second kappa shape index (κ2) is 10.6. The molecule has 5 rings (SSSR count). The number of nitrogens with zero attached hydrogens (tertiary/aromatic N) is 7. The van der Waals surface area contributed by atoms with E-state index in [2.05, 4.69) is 30.3 Å². The Labute approximate surface area is 224 Å². The van der Waals surface area contributed by atoms with E-state index in [9.17, 15) is 9.59 Å². The lowest BCUT2D eigenvalue weighted by Gasteiger charge is -2.37. The van der Waals surface area contributed by atoms with Crippen LogP contribution in [0.15, 0.2) is 59.9 Å². The highest BCUT2D eigenvalue weighted by molar-refractivity contribution is 7.08. The Hall–Kier alpha value is -4.32. The van der Waals surface area contributed by atoms with Crippen molar-refractivity contribution in [3.8, 4) is 17.1 Å². The van der Waals surface area contributed by atoms with Crippen LogP contribution in [0, 0.1) is 0 Å². The molecule has 5 heterocycles. The molecule has 0 bridgehead atoms. The molecule has 1 N–H and O–H groups in total. The molecule has 11 nitrogen and oxygen atoms in total. The third kappa shape index (κ3) is 5.80. The first-order valence-electron chi connectivity index (χ1n) is 12.2. The molecule has 196 valence electrons. The molecule has 2 amide bonds. The first-order valence-corrected chi connectivity index (χ1v) is 13.1. The van der Waals surface area contributed by atoms with Crippen molar-refractivity contribution < 1.29 is 14.3 Å². The van der Waals surface area contributed by atoms with Crippen molar-refractivity contribution in [3.63, 3.8) is 0 Å². The zero-order chi connectivity index (χ0) is 26.7. The highest BCUT2D eigenvalue weighted by atomic mass is 32.1. The molecule has 0 atom stereocenters. The summed E-state index contributed by atoms with van der Waals surface area (Å²) in [6.07, 6.45) is 8.06. The Balaban J connectivity index is 1.27. The van der Waals surface area contributed by atoms with Crippen LogP contribution in [0.2, 0.25) is 0 Å². The van der Waals surface area contributed by atoms with Crippen molar-refractivity contribution in [2.45, 2.75) is 26.4 Å². The summed E-state index contributed by atoms with van der Waals surface area (Å²) in [6.45, 7) is 7.76. The van der Waals surface area contributed by atoms with Gasteiger partial charge in [-0.25, -0.2) is 19.4 Å². The minimum absolute atomic E-state index is 0.201. The molecular weight excluding hydrogens is 504 g/mol. The molecule has 12 heteroatoms. The van der Waals surface area contributed by atoms with Crippen LogP contribution in [-0.2, 0) is 4.74 Å². The second-order valence-electron chi connectivity index (χ2n) is 9.73. The number of thiophene rings is 1. The van der Waals surface area contributed by atoms with Crippen LogP contribution in [0.4, 0.5) is 16.2 Å². The fourth-order valence-corrected chi connectivity index (χ4v) is 4.66. The maximum atomic E-state index is 13.2. The van der Waals surface area contributed by atoms with E-state index in [4.69, 9.17) is 4.74 Å². The summed E-state index contributed by atoms with van der Waals surface area (Å²) in [5.41, 5.74) is 3.04. The summed E-state index contributed by atoms with van der Waals surface area (Å²) in [7, 11) is 0. The molecule has 1 aliphatic heterocycles. The number of carbonyl (C=O) groups is 2. The number of nitrogens with one attached hydrogen (secondary N) is 1. The molecule has 0 aromatic carbocycles. The van der Waals surface area contributed by atoms with Gasteiger partial charge in [0.05, 0.1) is 23.8 Å². The Morgan fingerprint density at radius 1 is 1.03 bits per heavy atom. The van der Waals surface area contributed by atoms with E-state index in [1.54, 1.807) is 45.6 Å². The average molecular weight is 533 g/mol. The summed E-state index contributed by atoms with van der Waals surface area (Å²) in [6, 6.07) is 5.41. The number of amides is 2. The Morgan fingerprint density at radius 3 is 2.58 bits per heavy atom. The van der Waals surface area contributed by atoms with Gasteiger partial charge in [-0.15, -0.1) is 0 Å². The van der Waals surface area contributed by atoms with E-state index in [0.29, 0.717) is 37.8 Å². The minimum Gasteiger partial charge on any atom is -0.444 e. The summed E-state index contributed by atoms with van der Waals surface area (Å²) < 4.78 is 7.03.